The molecule has 0 radical (unpaired) electrons. The molecule has 0 amide bonds. The number of nitriles is 1. The Hall–Kier alpha value is -2.71. The summed E-state index contributed by atoms with van der Waals surface area (Å²) in [4.78, 5) is 10.3. The van der Waals surface area contributed by atoms with Crippen LogP contribution in [-0.2, 0) is 6.42 Å². The standard InChI is InChI=1S/C16H15N3O2/c1-18-15(13-5-3-2-4-6-13)10-12-7-8-16(19(20)21)14(9-12)11-17/h2-9,15,18H,10H2,1H3. The van der Waals surface area contributed by atoms with E-state index in [0.717, 1.165) is 11.1 Å². The SMILES string of the molecule is CNC(Cc1ccc([N+](=O)[O-])c(C#N)c1)c1ccccc1. The minimum Gasteiger partial charge on any atom is -0.313 e. The van der Waals surface area contributed by atoms with Gasteiger partial charge in [0.25, 0.3) is 5.69 Å². The molecule has 2 aromatic carbocycles. The highest BCUT2D eigenvalue weighted by atomic mass is 16.6. The van der Waals surface area contributed by atoms with Crippen molar-refractivity contribution in [2.24, 2.45) is 0 Å². The number of nitrogens with one attached hydrogen (secondary N) is 1. The molecule has 2 aromatic rings. The van der Waals surface area contributed by atoms with Gasteiger partial charge in [0.05, 0.1) is 4.92 Å². The molecule has 0 spiro atoms. The fraction of sp³-hybridized carbons (Fsp3) is 0.188. The van der Waals surface area contributed by atoms with Gasteiger partial charge in [0.2, 0.25) is 0 Å². The Kier molecular flexibility index (Phi) is 4.64. The van der Waals surface area contributed by atoms with Gasteiger partial charge < -0.3 is 5.32 Å². The third-order valence-corrected chi connectivity index (χ3v) is 3.37. The number of nitro groups is 1. The summed E-state index contributed by atoms with van der Waals surface area (Å²) in [5.74, 6) is 0. The molecule has 5 nitrogen and oxygen atoms in total. The van der Waals surface area contributed by atoms with Gasteiger partial charge in [-0.3, -0.25) is 10.1 Å². The Labute approximate surface area is 123 Å². The van der Waals surface area contributed by atoms with Gasteiger partial charge in [-0.1, -0.05) is 36.4 Å². The van der Waals surface area contributed by atoms with E-state index in [-0.39, 0.29) is 17.3 Å². The summed E-state index contributed by atoms with van der Waals surface area (Å²) in [5.41, 5.74) is 1.97. The van der Waals surface area contributed by atoms with Crippen molar-refractivity contribution in [3.63, 3.8) is 0 Å². The highest BCUT2D eigenvalue weighted by Gasteiger charge is 2.16. The second kappa shape index (κ2) is 6.64. The molecule has 0 fully saturated rings. The first-order valence-corrected chi connectivity index (χ1v) is 6.55. The predicted molar refractivity (Wildman–Crippen MR) is 79.8 cm³/mol. The summed E-state index contributed by atoms with van der Waals surface area (Å²) < 4.78 is 0. The van der Waals surface area contributed by atoms with Crippen LogP contribution in [-0.4, -0.2) is 12.0 Å². The van der Waals surface area contributed by atoms with E-state index in [4.69, 9.17) is 5.26 Å². The third-order valence-electron chi connectivity index (χ3n) is 3.37. The number of hydrogen-bond acceptors (Lipinski definition) is 4. The van der Waals surface area contributed by atoms with Crippen molar-refractivity contribution in [1.82, 2.24) is 5.32 Å². The average Bonchev–Trinajstić information content (AvgIpc) is 2.53. The van der Waals surface area contributed by atoms with Crippen LogP contribution in [0.1, 0.15) is 22.7 Å². The molecule has 1 unspecified atom stereocenters. The van der Waals surface area contributed by atoms with Crippen LogP contribution in [0.2, 0.25) is 0 Å². The summed E-state index contributed by atoms with van der Waals surface area (Å²) in [6.45, 7) is 0. The normalized spacial score (nSPS) is 11.6. The fourth-order valence-corrected chi connectivity index (χ4v) is 2.27. The first-order chi connectivity index (χ1) is 10.2. The molecule has 1 N–H and O–H groups in total. The van der Waals surface area contributed by atoms with E-state index in [1.54, 1.807) is 12.1 Å². The van der Waals surface area contributed by atoms with Crippen LogP contribution >= 0.6 is 0 Å². The predicted octanol–water partition coefficient (Wildman–Crippen LogP) is 2.97. The van der Waals surface area contributed by atoms with Crippen molar-refractivity contribution in [2.45, 2.75) is 12.5 Å². The van der Waals surface area contributed by atoms with Crippen molar-refractivity contribution >= 4 is 5.69 Å². The van der Waals surface area contributed by atoms with Crippen LogP contribution in [0.4, 0.5) is 5.69 Å². The summed E-state index contributed by atoms with van der Waals surface area (Å²) in [5, 5.41) is 23.1. The lowest BCUT2D eigenvalue weighted by atomic mass is 9.97. The van der Waals surface area contributed by atoms with Crippen molar-refractivity contribution in [3.05, 3.63) is 75.3 Å². The Morgan fingerprint density at radius 3 is 2.57 bits per heavy atom. The Balaban J connectivity index is 2.27. The fourth-order valence-electron chi connectivity index (χ4n) is 2.27. The lowest BCUT2D eigenvalue weighted by molar-refractivity contribution is -0.385. The van der Waals surface area contributed by atoms with E-state index in [2.05, 4.69) is 5.32 Å². The second-order valence-corrected chi connectivity index (χ2v) is 4.68. The Morgan fingerprint density at radius 1 is 1.29 bits per heavy atom. The topological polar surface area (TPSA) is 79.0 Å². The summed E-state index contributed by atoms with van der Waals surface area (Å²) in [7, 11) is 1.87. The van der Waals surface area contributed by atoms with Gasteiger partial charge in [-0.2, -0.15) is 5.26 Å². The zero-order valence-electron chi connectivity index (χ0n) is 11.6. The largest absolute Gasteiger partial charge is 0.313 e. The smallest absolute Gasteiger partial charge is 0.287 e. The van der Waals surface area contributed by atoms with Crippen LogP contribution in [0.15, 0.2) is 48.5 Å². The van der Waals surface area contributed by atoms with E-state index in [0.29, 0.717) is 6.42 Å². The number of hydrogen-bond donors (Lipinski definition) is 1. The molecule has 0 aliphatic carbocycles. The number of nitro benzene ring substituents is 1. The minimum atomic E-state index is -0.533. The minimum absolute atomic E-state index is 0.0965. The van der Waals surface area contributed by atoms with Crippen molar-refractivity contribution < 1.29 is 4.92 Å². The molecular formula is C16H15N3O2. The zero-order chi connectivity index (χ0) is 15.2. The molecule has 0 aliphatic heterocycles. The summed E-state index contributed by atoms with van der Waals surface area (Å²) in [6, 6.07) is 16.6. The molecule has 106 valence electrons. The highest BCUT2D eigenvalue weighted by Crippen LogP contribution is 2.23. The zero-order valence-corrected chi connectivity index (χ0v) is 11.6. The average molecular weight is 281 g/mol. The van der Waals surface area contributed by atoms with Crippen LogP contribution in [0.25, 0.3) is 0 Å². The molecule has 0 saturated heterocycles. The molecule has 0 aromatic heterocycles. The van der Waals surface area contributed by atoms with Gasteiger partial charge in [-0.05, 0) is 30.7 Å². The van der Waals surface area contributed by atoms with Crippen LogP contribution in [0.3, 0.4) is 0 Å². The van der Waals surface area contributed by atoms with Crippen LogP contribution < -0.4 is 5.32 Å². The van der Waals surface area contributed by atoms with Gasteiger partial charge in [0.1, 0.15) is 11.6 Å². The highest BCUT2D eigenvalue weighted by molar-refractivity contribution is 5.50. The molecule has 1 atom stereocenters. The molecule has 0 aliphatic rings. The Morgan fingerprint density at radius 2 is 2.00 bits per heavy atom. The number of nitrogens with zero attached hydrogens (tertiary/aromatic N) is 2. The maximum Gasteiger partial charge on any atom is 0.287 e. The van der Waals surface area contributed by atoms with Crippen molar-refractivity contribution in [2.75, 3.05) is 7.05 Å². The molecule has 21 heavy (non-hydrogen) atoms. The van der Waals surface area contributed by atoms with E-state index < -0.39 is 4.92 Å². The molecular weight excluding hydrogens is 266 g/mol. The number of likely N-dealkylation sites (N-methyl/N-ethyl adjacent to an activating group) is 1. The van der Waals surface area contributed by atoms with Gasteiger partial charge >= 0.3 is 0 Å². The van der Waals surface area contributed by atoms with Crippen LogP contribution in [0.5, 0.6) is 0 Å². The van der Waals surface area contributed by atoms with Gasteiger partial charge in [0, 0.05) is 12.1 Å². The lowest BCUT2D eigenvalue weighted by Gasteiger charge is -2.16. The van der Waals surface area contributed by atoms with E-state index >= 15 is 0 Å². The molecule has 5 heteroatoms. The van der Waals surface area contributed by atoms with Crippen molar-refractivity contribution in [1.29, 1.82) is 5.26 Å². The summed E-state index contributed by atoms with van der Waals surface area (Å²) >= 11 is 0. The van der Waals surface area contributed by atoms with Gasteiger partial charge in [-0.15, -0.1) is 0 Å². The van der Waals surface area contributed by atoms with Gasteiger partial charge in [-0.25, -0.2) is 0 Å². The maximum atomic E-state index is 10.8. The molecule has 0 bridgehead atoms. The number of rotatable bonds is 5. The first kappa shape index (κ1) is 14.7. The molecule has 0 heterocycles. The Bertz CT molecular complexity index is 678. The third kappa shape index (κ3) is 3.44. The van der Waals surface area contributed by atoms with Gasteiger partial charge in [0.15, 0.2) is 0 Å². The van der Waals surface area contributed by atoms with Crippen molar-refractivity contribution in [3.8, 4) is 6.07 Å². The molecule has 0 saturated carbocycles. The number of benzene rings is 2. The van der Waals surface area contributed by atoms with Crippen LogP contribution in [0, 0.1) is 21.4 Å². The summed E-state index contributed by atoms with van der Waals surface area (Å²) in [6.07, 6.45) is 0.660. The van der Waals surface area contributed by atoms with E-state index in [1.165, 1.54) is 6.07 Å². The quantitative estimate of drug-likeness (QED) is 0.675. The van der Waals surface area contributed by atoms with E-state index in [9.17, 15) is 10.1 Å². The lowest BCUT2D eigenvalue weighted by Crippen LogP contribution is -2.18. The second-order valence-electron chi connectivity index (χ2n) is 4.68. The molecule has 2 rings (SSSR count). The monoisotopic (exact) mass is 281 g/mol. The first-order valence-electron chi connectivity index (χ1n) is 6.55. The maximum absolute atomic E-state index is 10.8. The van der Waals surface area contributed by atoms with E-state index in [1.807, 2.05) is 43.4 Å².